The molecule has 262 valence electrons. The molecule has 2 N–H and O–H groups in total. The second-order valence-corrected chi connectivity index (χ2v) is 15.9. The second-order valence-electron chi connectivity index (χ2n) is 12.2. The first-order chi connectivity index (χ1) is 22.7. The highest BCUT2D eigenvalue weighted by Crippen LogP contribution is 2.30. The molecule has 1 heterocycles. The topological polar surface area (TPSA) is 143 Å². The molecule has 3 aromatic rings. The molecular formula is C34H44FN3O8S2. The Hall–Kier alpha value is -3.56. The molecule has 0 fully saturated rings. The maximum Gasteiger partial charge on any atom is 0.261 e. The summed E-state index contributed by atoms with van der Waals surface area (Å²) in [5, 5.41) is 10.2. The number of carbonyl (C=O) groups is 1. The van der Waals surface area contributed by atoms with Crippen molar-refractivity contribution < 1.29 is 40.6 Å². The Kier molecular flexibility index (Phi) is 12.6. The van der Waals surface area contributed by atoms with Gasteiger partial charge in [0, 0.05) is 38.3 Å². The molecule has 4 rings (SSSR count). The van der Waals surface area contributed by atoms with Crippen molar-refractivity contribution in [2.75, 3.05) is 38.1 Å². The Morgan fingerprint density at radius 3 is 2.35 bits per heavy atom. The molecule has 0 saturated heterocycles. The smallest absolute Gasteiger partial charge is 0.261 e. The summed E-state index contributed by atoms with van der Waals surface area (Å²) < 4.78 is 82.5. The van der Waals surface area contributed by atoms with Crippen molar-refractivity contribution in [3.8, 4) is 5.75 Å². The minimum absolute atomic E-state index is 0.0271. The minimum Gasteiger partial charge on any atom is -0.490 e. The number of nitrogens with zero attached hydrogens (tertiary/aromatic N) is 2. The monoisotopic (exact) mass is 705 g/mol. The quantitative estimate of drug-likeness (QED) is 0.325. The maximum absolute atomic E-state index is 14.3. The highest BCUT2D eigenvalue weighted by molar-refractivity contribution is 7.92. The van der Waals surface area contributed by atoms with Crippen LogP contribution in [0.5, 0.6) is 5.75 Å². The molecule has 14 heteroatoms. The van der Waals surface area contributed by atoms with Gasteiger partial charge in [0.1, 0.15) is 11.6 Å². The number of rotatable bonds is 9. The lowest BCUT2D eigenvalue weighted by Crippen LogP contribution is -2.48. The van der Waals surface area contributed by atoms with E-state index in [1.54, 1.807) is 25.1 Å². The summed E-state index contributed by atoms with van der Waals surface area (Å²) in [6.07, 6.45) is 1.17. The number of likely N-dealkylation sites (N-methyl/N-ethyl adjacent to an activating group) is 1. The first-order valence-electron chi connectivity index (χ1n) is 15.9. The van der Waals surface area contributed by atoms with Crippen LogP contribution in [0.15, 0.2) is 82.6 Å². The zero-order chi connectivity index (χ0) is 35.1. The van der Waals surface area contributed by atoms with E-state index in [1.807, 2.05) is 13.8 Å². The van der Waals surface area contributed by atoms with Crippen molar-refractivity contribution in [3.63, 3.8) is 0 Å². The van der Waals surface area contributed by atoms with Crippen LogP contribution in [-0.4, -0.2) is 88.7 Å². The van der Waals surface area contributed by atoms with Gasteiger partial charge in [-0.3, -0.25) is 9.52 Å². The van der Waals surface area contributed by atoms with E-state index >= 15 is 0 Å². The molecule has 48 heavy (non-hydrogen) atoms. The molecule has 1 aliphatic rings. The van der Waals surface area contributed by atoms with Crippen LogP contribution in [-0.2, 0) is 24.8 Å². The number of fused-ring (bicyclic) bond motifs is 1. The van der Waals surface area contributed by atoms with Crippen LogP contribution in [0.4, 0.5) is 10.1 Å². The summed E-state index contributed by atoms with van der Waals surface area (Å²) in [5.41, 5.74) is 0.161. The molecule has 0 spiro atoms. The van der Waals surface area contributed by atoms with Crippen molar-refractivity contribution in [3.05, 3.63) is 84.2 Å². The van der Waals surface area contributed by atoms with E-state index in [-0.39, 0.29) is 58.5 Å². The van der Waals surface area contributed by atoms with Crippen molar-refractivity contribution in [2.45, 2.75) is 68.1 Å². The first kappa shape index (κ1) is 37.3. The molecule has 0 bridgehead atoms. The minimum atomic E-state index is -4.12. The third kappa shape index (κ3) is 9.32. The van der Waals surface area contributed by atoms with Crippen molar-refractivity contribution in [2.24, 2.45) is 5.92 Å². The van der Waals surface area contributed by atoms with E-state index in [4.69, 9.17) is 9.47 Å². The standard InChI is InChI=1S/C34H44FN3O8S2/c1-24-21-38(25(2)23-39)34(40)31-20-28(36-47(41,42)29-16-13-27(35)14-17-29)15-18-32(31)46-26(3)10-8-9-19-45-33(24)22-37(4)48(43,44)30-11-6-5-7-12-30/h5-7,11-18,20,24-26,33,36,39H,8-10,19,21-23H2,1-4H3/t24-,25+,26+,33-/m1/s1. The zero-order valence-corrected chi connectivity index (χ0v) is 29.2. The average Bonchev–Trinajstić information content (AvgIpc) is 3.06. The molecule has 0 radical (unpaired) electrons. The maximum atomic E-state index is 14.3. The van der Waals surface area contributed by atoms with Crippen LogP contribution in [0.1, 0.15) is 50.4 Å². The van der Waals surface area contributed by atoms with Gasteiger partial charge in [0.05, 0.1) is 40.2 Å². The number of sulfonamides is 2. The molecule has 0 aromatic heterocycles. The number of carbonyl (C=O) groups excluding carboxylic acids is 1. The molecule has 0 unspecified atom stereocenters. The summed E-state index contributed by atoms with van der Waals surface area (Å²) in [4.78, 5) is 15.8. The SMILES string of the molecule is C[C@@H]1CN([C@@H](C)CO)C(=O)c2cc(NS(=O)(=O)c3ccc(F)cc3)ccc2O[C@@H](C)CCCCO[C@@H]1CN(C)S(=O)(=O)c1ccccc1. The van der Waals surface area contributed by atoms with E-state index in [9.17, 15) is 31.1 Å². The highest BCUT2D eigenvalue weighted by atomic mass is 32.2. The van der Waals surface area contributed by atoms with Gasteiger partial charge < -0.3 is 19.5 Å². The van der Waals surface area contributed by atoms with Gasteiger partial charge in [0.25, 0.3) is 15.9 Å². The summed E-state index contributed by atoms with van der Waals surface area (Å²) in [6, 6.07) is 16.2. The Morgan fingerprint density at radius 2 is 1.69 bits per heavy atom. The van der Waals surface area contributed by atoms with Crippen LogP contribution in [0.3, 0.4) is 0 Å². The van der Waals surface area contributed by atoms with Crippen LogP contribution in [0.25, 0.3) is 0 Å². The molecule has 0 aliphatic carbocycles. The zero-order valence-electron chi connectivity index (χ0n) is 27.6. The molecule has 4 atom stereocenters. The van der Waals surface area contributed by atoms with Gasteiger partial charge in [0.2, 0.25) is 10.0 Å². The molecule has 3 aromatic carbocycles. The van der Waals surface area contributed by atoms with Crippen molar-refractivity contribution in [1.82, 2.24) is 9.21 Å². The highest BCUT2D eigenvalue weighted by Gasteiger charge is 2.32. The van der Waals surface area contributed by atoms with Gasteiger partial charge in [-0.05, 0) is 87.7 Å². The van der Waals surface area contributed by atoms with Crippen LogP contribution in [0.2, 0.25) is 0 Å². The van der Waals surface area contributed by atoms with Crippen LogP contribution in [0, 0.1) is 11.7 Å². The van der Waals surface area contributed by atoms with Crippen molar-refractivity contribution in [1.29, 1.82) is 0 Å². The number of amides is 1. The fourth-order valence-electron chi connectivity index (χ4n) is 5.40. The largest absolute Gasteiger partial charge is 0.490 e. The Balaban J connectivity index is 1.68. The Morgan fingerprint density at radius 1 is 1.00 bits per heavy atom. The van der Waals surface area contributed by atoms with Gasteiger partial charge >= 0.3 is 0 Å². The van der Waals surface area contributed by atoms with Gasteiger partial charge in [-0.25, -0.2) is 21.2 Å². The molecule has 0 saturated carbocycles. The number of ether oxygens (including phenoxy) is 2. The second kappa shape index (κ2) is 16.2. The molecule has 1 aliphatic heterocycles. The molecule has 11 nitrogen and oxygen atoms in total. The third-order valence-electron chi connectivity index (χ3n) is 8.32. The lowest BCUT2D eigenvalue weighted by Gasteiger charge is -2.35. The number of anilines is 1. The summed E-state index contributed by atoms with van der Waals surface area (Å²) in [7, 11) is -6.44. The summed E-state index contributed by atoms with van der Waals surface area (Å²) >= 11 is 0. The predicted octanol–water partition coefficient (Wildman–Crippen LogP) is 4.74. The van der Waals surface area contributed by atoms with Crippen molar-refractivity contribution >= 4 is 31.6 Å². The number of hydrogen-bond acceptors (Lipinski definition) is 8. The van der Waals surface area contributed by atoms with Gasteiger partial charge in [-0.15, -0.1) is 0 Å². The normalized spacial score (nSPS) is 20.8. The third-order valence-corrected chi connectivity index (χ3v) is 11.6. The lowest BCUT2D eigenvalue weighted by molar-refractivity contribution is -0.00833. The fraction of sp³-hybridized carbons (Fsp3) is 0.441. The van der Waals surface area contributed by atoms with Crippen LogP contribution >= 0.6 is 0 Å². The van der Waals surface area contributed by atoms with Gasteiger partial charge in [0.15, 0.2) is 0 Å². The average molecular weight is 706 g/mol. The first-order valence-corrected chi connectivity index (χ1v) is 18.8. The number of halogens is 1. The summed E-state index contributed by atoms with van der Waals surface area (Å²) in [6.45, 7) is 5.53. The number of hydrogen-bond donors (Lipinski definition) is 2. The van der Waals surface area contributed by atoms with Crippen LogP contribution < -0.4 is 9.46 Å². The Labute approximate surface area is 282 Å². The number of nitrogens with one attached hydrogen (secondary N) is 1. The van der Waals surface area contributed by atoms with E-state index in [1.165, 1.54) is 46.6 Å². The predicted molar refractivity (Wildman–Crippen MR) is 180 cm³/mol. The number of aliphatic hydroxyl groups is 1. The number of benzene rings is 3. The van der Waals surface area contributed by atoms with E-state index < -0.39 is 43.9 Å². The van der Waals surface area contributed by atoms with Gasteiger partial charge in [-0.1, -0.05) is 25.1 Å². The summed E-state index contributed by atoms with van der Waals surface area (Å²) in [5.74, 6) is -1.24. The molecular weight excluding hydrogens is 662 g/mol. The lowest BCUT2D eigenvalue weighted by atomic mass is 10.0. The molecule has 1 amide bonds. The van der Waals surface area contributed by atoms with E-state index in [0.29, 0.717) is 19.4 Å². The van der Waals surface area contributed by atoms with Gasteiger partial charge in [-0.2, -0.15) is 4.31 Å². The van der Waals surface area contributed by atoms with E-state index in [0.717, 1.165) is 30.7 Å². The number of aliphatic hydroxyl groups excluding tert-OH is 1. The Bertz CT molecular complexity index is 1740. The fourth-order valence-corrected chi connectivity index (χ4v) is 7.65. The van der Waals surface area contributed by atoms with E-state index in [2.05, 4.69) is 4.72 Å².